The van der Waals surface area contributed by atoms with Gasteiger partial charge in [0.2, 0.25) is 5.91 Å². The van der Waals surface area contributed by atoms with Crippen molar-refractivity contribution in [2.24, 2.45) is 0 Å². The van der Waals surface area contributed by atoms with Crippen LogP contribution in [0.25, 0.3) is 10.8 Å². The molecule has 1 amide bonds. The Morgan fingerprint density at radius 2 is 1.81 bits per heavy atom. The van der Waals surface area contributed by atoms with Crippen molar-refractivity contribution in [2.75, 3.05) is 11.9 Å². The van der Waals surface area contributed by atoms with Crippen LogP contribution in [-0.4, -0.2) is 18.6 Å². The van der Waals surface area contributed by atoms with Gasteiger partial charge in [0.25, 0.3) is 0 Å². The highest BCUT2D eigenvalue weighted by Crippen LogP contribution is 2.30. The summed E-state index contributed by atoms with van der Waals surface area (Å²) in [5, 5.41) is 5.39. The summed E-state index contributed by atoms with van der Waals surface area (Å²) in [6, 6.07) is 21.9. The molecule has 3 aromatic carbocycles. The molecule has 0 saturated carbocycles. The lowest BCUT2D eigenvalue weighted by atomic mass is 9.96. The van der Waals surface area contributed by atoms with Crippen molar-refractivity contribution < 1.29 is 9.53 Å². The molecule has 0 aliphatic carbocycles. The zero-order valence-electron chi connectivity index (χ0n) is 15.2. The van der Waals surface area contributed by atoms with E-state index in [-0.39, 0.29) is 18.0 Å². The fraction of sp³-hybridized carbons (Fsp3) is 0.227. The van der Waals surface area contributed by atoms with Gasteiger partial charge in [-0.05, 0) is 41.8 Å². The number of rotatable bonds is 5. The standard InChI is InChI=1S/C22H23N3O2/c1-2-27-21-13-6-5-12-18(21)23-22(26)20-14-19(24-25-20)17-11-7-9-15-8-3-4-10-16(15)17/h3-13,19-20,24-25H,2,14H2,1H3,(H,23,26). The maximum atomic E-state index is 12.7. The Labute approximate surface area is 158 Å². The Bertz CT molecular complexity index is 952. The summed E-state index contributed by atoms with van der Waals surface area (Å²) in [5.74, 6) is 0.613. The molecule has 138 valence electrons. The molecule has 0 aromatic heterocycles. The smallest absolute Gasteiger partial charge is 0.243 e. The van der Waals surface area contributed by atoms with Gasteiger partial charge in [0.05, 0.1) is 12.3 Å². The van der Waals surface area contributed by atoms with Gasteiger partial charge in [-0.25, -0.2) is 10.9 Å². The van der Waals surface area contributed by atoms with Gasteiger partial charge in [0.1, 0.15) is 11.8 Å². The molecule has 2 unspecified atom stereocenters. The van der Waals surface area contributed by atoms with Crippen molar-refractivity contribution in [3.63, 3.8) is 0 Å². The predicted octanol–water partition coefficient (Wildman–Crippen LogP) is 3.78. The van der Waals surface area contributed by atoms with Gasteiger partial charge in [0, 0.05) is 6.04 Å². The number of nitrogens with one attached hydrogen (secondary N) is 3. The fourth-order valence-electron chi connectivity index (χ4n) is 3.56. The first-order valence-corrected chi connectivity index (χ1v) is 9.27. The summed E-state index contributed by atoms with van der Waals surface area (Å²) in [4.78, 5) is 12.7. The van der Waals surface area contributed by atoms with E-state index in [9.17, 15) is 4.79 Å². The quantitative estimate of drug-likeness (QED) is 0.647. The van der Waals surface area contributed by atoms with E-state index in [2.05, 4.69) is 46.5 Å². The molecule has 3 N–H and O–H groups in total. The first-order valence-electron chi connectivity index (χ1n) is 9.27. The highest BCUT2D eigenvalue weighted by atomic mass is 16.5. The van der Waals surface area contributed by atoms with E-state index in [0.29, 0.717) is 24.5 Å². The van der Waals surface area contributed by atoms with E-state index in [1.165, 1.54) is 16.3 Å². The Morgan fingerprint density at radius 3 is 2.70 bits per heavy atom. The molecule has 1 aliphatic heterocycles. The monoisotopic (exact) mass is 361 g/mol. The van der Waals surface area contributed by atoms with Crippen molar-refractivity contribution in [3.8, 4) is 5.75 Å². The third kappa shape index (κ3) is 3.65. The summed E-state index contributed by atoms with van der Waals surface area (Å²) in [7, 11) is 0. The van der Waals surface area contributed by atoms with Gasteiger partial charge in [-0.3, -0.25) is 4.79 Å². The molecule has 1 saturated heterocycles. The number of carbonyl (C=O) groups excluding carboxylic acids is 1. The number of anilines is 1. The average molecular weight is 361 g/mol. The molecule has 5 heteroatoms. The van der Waals surface area contributed by atoms with E-state index in [1.807, 2.05) is 43.3 Å². The number of fused-ring (bicyclic) bond motifs is 1. The molecule has 1 aliphatic rings. The lowest BCUT2D eigenvalue weighted by molar-refractivity contribution is -0.117. The van der Waals surface area contributed by atoms with Gasteiger partial charge < -0.3 is 10.1 Å². The van der Waals surface area contributed by atoms with E-state index in [4.69, 9.17) is 4.74 Å². The van der Waals surface area contributed by atoms with Crippen molar-refractivity contribution >= 4 is 22.4 Å². The summed E-state index contributed by atoms with van der Waals surface area (Å²) in [5.41, 5.74) is 8.31. The topological polar surface area (TPSA) is 62.4 Å². The van der Waals surface area contributed by atoms with Crippen LogP contribution in [0.2, 0.25) is 0 Å². The third-order valence-electron chi connectivity index (χ3n) is 4.86. The lowest BCUT2D eigenvalue weighted by Crippen LogP contribution is -2.39. The predicted molar refractivity (Wildman–Crippen MR) is 108 cm³/mol. The minimum absolute atomic E-state index is 0.0719. The van der Waals surface area contributed by atoms with Crippen LogP contribution < -0.4 is 20.9 Å². The van der Waals surface area contributed by atoms with Gasteiger partial charge in [-0.15, -0.1) is 0 Å². The van der Waals surface area contributed by atoms with Crippen LogP contribution in [0, 0.1) is 0 Å². The summed E-state index contributed by atoms with van der Waals surface area (Å²) in [6.07, 6.45) is 0.677. The van der Waals surface area contributed by atoms with E-state index < -0.39 is 0 Å². The molecule has 3 aromatic rings. The molecular formula is C22H23N3O2. The number of amides is 1. The fourth-order valence-corrected chi connectivity index (χ4v) is 3.56. The molecule has 1 fully saturated rings. The minimum Gasteiger partial charge on any atom is -0.492 e. The third-order valence-corrected chi connectivity index (χ3v) is 4.86. The van der Waals surface area contributed by atoms with Crippen LogP contribution in [-0.2, 0) is 4.79 Å². The van der Waals surface area contributed by atoms with Gasteiger partial charge in [-0.1, -0.05) is 54.6 Å². The first kappa shape index (κ1) is 17.5. The maximum Gasteiger partial charge on any atom is 0.243 e. The van der Waals surface area contributed by atoms with Crippen LogP contribution >= 0.6 is 0 Å². The van der Waals surface area contributed by atoms with Gasteiger partial charge >= 0.3 is 0 Å². The van der Waals surface area contributed by atoms with Crippen LogP contribution in [0.5, 0.6) is 5.75 Å². The Kier molecular flexibility index (Phi) is 5.05. The second kappa shape index (κ2) is 7.78. The molecular weight excluding hydrogens is 338 g/mol. The molecule has 0 radical (unpaired) electrons. The van der Waals surface area contributed by atoms with Gasteiger partial charge in [0.15, 0.2) is 0 Å². The Balaban J connectivity index is 1.49. The minimum atomic E-state index is -0.316. The largest absolute Gasteiger partial charge is 0.492 e. The second-order valence-electron chi connectivity index (χ2n) is 6.62. The lowest BCUT2D eigenvalue weighted by Gasteiger charge is -2.14. The van der Waals surface area contributed by atoms with Crippen molar-refractivity contribution in [2.45, 2.75) is 25.4 Å². The van der Waals surface area contributed by atoms with Gasteiger partial charge in [-0.2, -0.15) is 0 Å². The Hall–Kier alpha value is -2.89. The number of benzene rings is 3. The number of hydrazine groups is 1. The van der Waals surface area contributed by atoms with E-state index in [1.54, 1.807) is 0 Å². The second-order valence-corrected chi connectivity index (χ2v) is 6.62. The SMILES string of the molecule is CCOc1ccccc1NC(=O)C1CC(c2cccc3ccccc23)NN1. The van der Waals surface area contributed by atoms with Crippen molar-refractivity contribution in [1.82, 2.24) is 10.9 Å². The summed E-state index contributed by atoms with van der Waals surface area (Å²) < 4.78 is 5.59. The Morgan fingerprint density at radius 1 is 1.04 bits per heavy atom. The highest BCUT2D eigenvalue weighted by Gasteiger charge is 2.31. The average Bonchev–Trinajstić information content (AvgIpc) is 3.19. The zero-order chi connectivity index (χ0) is 18.6. The molecule has 4 rings (SSSR count). The summed E-state index contributed by atoms with van der Waals surface area (Å²) in [6.45, 7) is 2.48. The maximum absolute atomic E-state index is 12.7. The van der Waals surface area contributed by atoms with E-state index >= 15 is 0 Å². The number of ether oxygens (including phenoxy) is 1. The molecule has 0 bridgehead atoms. The molecule has 5 nitrogen and oxygen atoms in total. The van der Waals surface area contributed by atoms with Crippen molar-refractivity contribution in [1.29, 1.82) is 0 Å². The van der Waals surface area contributed by atoms with Crippen LogP contribution in [0.1, 0.15) is 24.9 Å². The number of hydrogen-bond acceptors (Lipinski definition) is 4. The first-order chi connectivity index (χ1) is 13.3. The molecule has 0 spiro atoms. The molecule has 1 heterocycles. The number of para-hydroxylation sites is 2. The molecule has 27 heavy (non-hydrogen) atoms. The van der Waals surface area contributed by atoms with Crippen LogP contribution in [0.15, 0.2) is 66.7 Å². The highest BCUT2D eigenvalue weighted by molar-refractivity contribution is 5.96. The van der Waals surface area contributed by atoms with Crippen molar-refractivity contribution in [3.05, 3.63) is 72.3 Å². The number of hydrogen-bond donors (Lipinski definition) is 3. The molecule has 2 atom stereocenters. The number of carbonyl (C=O) groups is 1. The summed E-state index contributed by atoms with van der Waals surface area (Å²) >= 11 is 0. The van der Waals surface area contributed by atoms with E-state index in [0.717, 1.165) is 0 Å². The van der Waals surface area contributed by atoms with Crippen LogP contribution in [0.4, 0.5) is 5.69 Å². The zero-order valence-corrected chi connectivity index (χ0v) is 15.2. The normalized spacial score (nSPS) is 19.1. The van der Waals surface area contributed by atoms with Crippen LogP contribution in [0.3, 0.4) is 0 Å².